The van der Waals surface area contributed by atoms with Crippen LogP contribution in [0.5, 0.6) is 0 Å². The quantitative estimate of drug-likeness (QED) is 0.429. The fourth-order valence-corrected chi connectivity index (χ4v) is 4.33. The van der Waals surface area contributed by atoms with Gasteiger partial charge >= 0.3 is 0 Å². The second-order valence-electron chi connectivity index (χ2n) is 7.27. The summed E-state index contributed by atoms with van der Waals surface area (Å²) in [7, 11) is 0. The van der Waals surface area contributed by atoms with Gasteiger partial charge < -0.3 is 24.5 Å². The van der Waals surface area contributed by atoms with E-state index in [-0.39, 0.29) is 24.6 Å². The number of amides is 2. The monoisotopic (exact) mass is 417 g/mol. The van der Waals surface area contributed by atoms with Crippen LogP contribution in [0.1, 0.15) is 11.1 Å². The van der Waals surface area contributed by atoms with Crippen molar-refractivity contribution >= 4 is 44.8 Å². The summed E-state index contributed by atoms with van der Waals surface area (Å²) in [4.78, 5) is 27.3. The maximum atomic E-state index is 13.2. The Kier molecular flexibility index (Phi) is 4.48. The molecule has 0 fully saturated rings. The number of hydrogen-bond acceptors (Lipinski definition) is 5. The number of para-hydroxylation sites is 2. The molecule has 5 rings (SSSR count). The number of carbonyl (C=O) groups excluding carboxylic acids is 2. The number of benzene rings is 2. The largest absolute Gasteiger partial charge is 0.376 e. The summed E-state index contributed by atoms with van der Waals surface area (Å²) in [6.45, 7) is -1.33. The van der Waals surface area contributed by atoms with Crippen LogP contribution in [0.4, 0.5) is 0 Å². The Balaban J connectivity index is 1.88. The van der Waals surface area contributed by atoms with Crippen LogP contribution in [0, 0.1) is 0 Å². The van der Waals surface area contributed by atoms with Gasteiger partial charge in [-0.3, -0.25) is 14.5 Å². The fourth-order valence-electron chi connectivity index (χ4n) is 4.33. The van der Waals surface area contributed by atoms with Crippen molar-refractivity contribution < 1.29 is 24.9 Å². The van der Waals surface area contributed by atoms with Gasteiger partial charge in [-0.15, -0.1) is 0 Å². The molecule has 156 valence electrons. The predicted octanol–water partition coefficient (Wildman–Crippen LogP) is 1.72. The summed E-state index contributed by atoms with van der Waals surface area (Å²) in [5, 5.41) is 30.7. The van der Waals surface area contributed by atoms with Gasteiger partial charge in [0.05, 0.1) is 22.2 Å². The molecule has 0 bridgehead atoms. The van der Waals surface area contributed by atoms with Crippen molar-refractivity contribution in [1.82, 2.24) is 14.0 Å². The van der Waals surface area contributed by atoms with Crippen LogP contribution >= 0.6 is 0 Å². The van der Waals surface area contributed by atoms with Crippen LogP contribution in [0.3, 0.4) is 0 Å². The second-order valence-corrected chi connectivity index (χ2v) is 7.27. The van der Waals surface area contributed by atoms with Gasteiger partial charge in [-0.1, -0.05) is 36.4 Å². The van der Waals surface area contributed by atoms with E-state index in [0.717, 1.165) is 4.90 Å². The van der Waals surface area contributed by atoms with Crippen LogP contribution in [0.15, 0.2) is 60.9 Å². The van der Waals surface area contributed by atoms with E-state index in [2.05, 4.69) is 0 Å². The lowest BCUT2D eigenvalue weighted by Crippen LogP contribution is -2.32. The maximum absolute atomic E-state index is 13.2. The first-order valence-corrected chi connectivity index (χ1v) is 9.70. The zero-order valence-corrected chi connectivity index (χ0v) is 16.4. The number of aliphatic hydroxyl groups is 3. The van der Waals surface area contributed by atoms with Crippen LogP contribution in [0.25, 0.3) is 33.0 Å². The third-order valence-electron chi connectivity index (χ3n) is 5.73. The van der Waals surface area contributed by atoms with Crippen molar-refractivity contribution in [3.63, 3.8) is 0 Å². The van der Waals surface area contributed by atoms with Crippen LogP contribution in [-0.4, -0.2) is 47.9 Å². The molecule has 0 aliphatic carbocycles. The first-order valence-electron chi connectivity index (χ1n) is 9.70. The Hall–Kier alpha value is -3.72. The molecule has 2 aromatic heterocycles. The summed E-state index contributed by atoms with van der Waals surface area (Å²) in [6, 6.07) is 14.5. The molecule has 8 nitrogen and oxygen atoms in total. The molecular weight excluding hydrogens is 398 g/mol. The first kappa shape index (κ1) is 19.3. The van der Waals surface area contributed by atoms with Crippen molar-refractivity contribution in [2.24, 2.45) is 0 Å². The normalized spacial score (nSPS) is 14.6. The molecule has 2 aromatic carbocycles. The summed E-state index contributed by atoms with van der Waals surface area (Å²) in [5.74, 6) is -1.21. The minimum atomic E-state index is -0.748. The third kappa shape index (κ3) is 2.66. The van der Waals surface area contributed by atoms with E-state index >= 15 is 0 Å². The first-order chi connectivity index (χ1) is 15.1. The molecule has 0 saturated heterocycles. The Morgan fingerprint density at radius 3 is 1.42 bits per heavy atom. The topological polar surface area (TPSA) is 108 Å². The number of imide groups is 1. The Morgan fingerprint density at radius 1 is 0.613 bits per heavy atom. The average molecular weight is 417 g/mol. The molecule has 0 saturated carbocycles. The number of hydrogen-bond donors (Lipinski definition) is 3. The molecule has 0 unspecified atom stereocenters. The summed E-state index contributed by atoms with van der Waals surface area (Å²) < 4.78 is 3.18. The van der Waals surface area contributed by atoms with Gasteiger partial charge in [0, 0.05) is 34.3 Å². The number of rotatable bonds is 5. The number of aliphatic hydroxyl groups excluding tert-OH is 3. The lowest BCUT2D eigenvalue weighted by atomic mass is 9.95. The third-order valence-corrected chi connectivity index (χ3v) is 5.73. The van der Waals surface area contributed by atoms with Crippen LogP contribution < -0.4 is 0 Å². The van der Waals surface area contributed by atoms with Crippen molar-refractivity contribution in [3.05, 3.63) is 72.1 Å². The minimum Gasteiger partial charge on any atom is -0.376 e. The van der Waals surface area contributed by atoms with Crippen LogP contribution in [-0.2, 0) is 23.1 Å². The zero-order chi connectivity index (χ0) is 21.7. The highest BCUT2D eigenvalue weighted by Crippen LogP contribution is 2.41. The number of fused-ring (bicyclic) bond motifs is 2. The molecule has 3 N–H and O–H groups in total. The van der Waals surface area contributed by atoms with Crippen molar-refractivity contribution in [2.45, 2.75) is 13.5 Å². The SMILES string of the molecule is O=C1C(c2cn(CO)c3ccccc23)=C(c2cn(CO)c3ccccc23)C(=O)N1CO. The molecule has 4 aromatic rings. The molecule has 0 spiro atoms. The van der Waals surface area contributed by atoms with Gasteiger partial charge in [0.1, 0.15) is 20.2 Å². The smallest absolute Gasteiger partial charge is 0.264 e. The highest BCUT2D eigenvalue weighted by molar-refractivity contribution is 6.50. The summed E-state index contributed by atoms with van der Waals surface area (Å²) in [5.41, 5.74) is 2.73. The minimum absolute atomic E-state index is 0.156. The zero-order valence-electron chi connectivity index (χ0n) is 16.4. The van der Waals surface area contributed by atoms with Gasteiger partial charge in [0.2, 0.25) is 0 Å². The molecule has 0 atom stereocenters. The van der Waals surface area contributed by atoms with E-state index in [1.54, 1.807) is 21.5 Å². The van der Waals surface area contributed by atoms with E-state index in [0.29, 0.717) is 32.9 Å². The Bertz CT molecular complexity index is 1290. The summed E-state index contributed by atoms with van der Waals surface area (Å²) in [6.07, 6.45) is 3.27. The van der Waals surface area contributed by atoms with Crippen molar-refractivity contribution in [2.75, 3.05) is 6.73 Å². The van der Waals surface area contributed by atoms with Gasteiger partial charge in [-0.05, 0) is 12.1 Å². The number of nitrogens with zero attached hydrogens (tertiary/aromatic N) is 3. The highest BCUT2D eigenvalue weighted by Gasteiger charge is 2.41. The molecule has 3 heterocycles. The lowest BCUT2D eigenvalue weighted by Gasteiger charge is -2.10. The number of aromatic nitrogens is 2. The molecular formula is C23H19N3O5. The average Bonchev–Trinajstić information content (AvgIpc) is 3.43. The van der Waals surface area contributed by atoms with E-state index in [1.165, 1.54) is 0 Å². The molecule has 1 aliphatic rings. The van der Waals surface area contributed by atoms with E-state index in [9.17, 15) is 24.9 Å². The van der Waals surface area contributed by atoms with E-state index in [4.69, 9.17) is 0 Å². The standard InChI is InChI=1S/C23H19N3O5/c27-11-24-9-16(14-5-1-3-7-18(14)24)20-21(23(31)26(13-29)22(20)30)17-10-25(12-28)19-8-4-2-6-15(17)19/h1-10,27-29H,11-13H2. The maximum Gasteiger partial charge on any atom is 0.264 e. The molecule has 8 heteroatoms. The van der Waals surface area contributed by atoms with Gasteiger partial charge in [-0.2, -0.15) is 0 Å². The van der Waals surface area contributed by atoms with Crippen molar-refractivity contribution in [3.8, 4) is 0 Å². The van der Waals surface area contributed by atoms with Gasteiger partial charge in [-0.25, -0.2) is 0 Å². The Morgan fingerprint density at radius 2 is 1.03 bits per heavy atom. The summed E-state index contributed by atoms with van der Waals surface area (Å²) >= 11 is 0. The van der Waals surface area contributed by atoms with Crippen LogP contribution in [0.2, 0.25) is 0 Å². The highest BCUT2D eigenvalue weighted by atomic mass is 16.3. The Labute approximate surface area is 176 Å². The van der Waals surface area contributed by atoms with Crippen molar-refractivity contribution in [1.29, 1.82) is 0 Å². The fraction of sp³-hybridized carbons (Fsp3) is 0.130. The predicted molar refractivity (Wildman–Crippen MR) is 114 cm³/mol. The van der Waals surface area contributed by atoms with Gasteiger partial charge in [0.25, 0.3) is 11.8 Å². The second kappa shape index (κ2) is 7.21. The molecule has 1 aliphatic heterocycles. The van der Waals surface area contributed by atoms with E-state index < -0.39 is 18.5 Å². The van der Waals surface area contributed by atoms with E-state index in [1.807, 2.05) is 48.5 Å². The lowest BCUT2D eigenvalue weighted by molar-refractivity contribution is -0.139. The van der Waals surface area contributed by atoms with Gasteiger partial charge in [0.15, 0.2) is 0 Å². The number of carbonyl (C=O) groups is 2. The molecule has 31 heavy (non-hydrogen) atoms. The molecule has 2 amide bonds. The molecule has 0 radical (unpaired) electrons.